The van der Waals surface area contributed by atoms with Gasteiger partial charge in [0.05, 0.1) is 5.69 Å². The van der Waals surface area contributed by atoms with Crippen molar-refractivity contribution in [1.82, 2.24) is 10.2 Å². The lowest BCUT2D eigenvalue weighted by Gasteiger charge is -2.10. The monoisotopic (exact) mass is 196 g/mol. The first-order valence-corrected chi connectivity index (χ1v) is 4.87. The first-order valence-electron chi connectivity index (χ1n) is 4.87. The molecule has 0 saturated carbocycles. The number of allylic oxidation sites excluding steroid dienone is 1. The molecule has 0 radical (unpaired) electrons. The Morgan fingerprint density at radius 2 is 1.87 bits per heavy atom. The molecule has 2 rings (SSSR count). The van der Waals surface area contributed by atoms with Crippen molar-refractivity contribution >= 4 is 0 Å². The van der Waals surface area contributed by atoms with E-state index in [2.05, 4.69) is 28.9 Å². The molecule has 0 aliphatic rings. The van der Waals surface area contributed by atoms with Gasteiger partial charge in [0.25, 0.3) is 0 Å². The molecule has 1 heterocycles. The summed E-state index contributed by atoms with van der Waals surface area (Å²) in [5, 5.41) is 7.99. The summed E-state index contributed by atoms with van der Waals surface area (Å²) in [6, 6.07) is 14.0. The minimum Gasteiger partial charge on any atom is -0.159 e. The fraction of sp³-hybridized carbons (Fsp3) is 0.0769. The largest absolute Gasteiger partial charge is 0.159 e. The average molecular weight is 196 g/mol. The van der Waals surface area contributed by atoms with Gasteiger partial charge in [-0.05, 0) is 17.7 Å². The summed E-state index contributed by atoms with van der Waals surface area (Å²) < 4.78 is 0. The van der Waals surface area contributed by atoms with Crippen LogP contribution in [-0.4, -0.2) is 10.2 Å². The lowest BCUT2D eigenvalue weighted by Crippen LogP contribution is -2.00. The van der Waals surface area contributed by atoms with E-state index in [1.807, 2.05) is 36.4 Å². The number of hydrogen-bond donors (Lipinski definition) is 0. The maximum absolute atomic E-state index is 4.11. The molecule has 2 aromatic rings. The van der Waals surface area contributed by atoms with Crippen LogP contribution in [0.2, 0.25) is 0 Å². The maximum Gasteiger partial charge on any atom is 0.0743 e. The summed E-state index contributed by atoms with van der Waals surface area (Å²) in [5.41, 5.74) is 2.12. The highest BCUT2D eigenvalue weighted by Crippen LogP contribution is 2.22. The standard InChI is InChI=1S/C13H12N2/c1-2-12(11-7-4-3-5-8-11)13-9-6-10-14-15-13/h2-10,12H,1H2. The highest BCUT2D eigenvalue weighted by molar-refractivity contribution is 5.31. The molecule has 0 N–H and O–H groups in total. The summed E-state index contributed by atoms with van der Waals surface area (Å²) in [4.78, 5) is 0. The van der Waals surface area contributed by atoms with Gasteiger partial charge in [-0.1, -0.05) is 36.4 Å². The Hall–Kier alpha value is -1.96. The molecule has 0 amide bonds. The van der Waals surface area contributed by atoms with Crippen LogP contribution in [0.3, 0.4) is 0 Å². The molecule has 0 spiro atoms. The van der Waals surface area contributed by atoms with Crippen LogP contribution in [0.15, 0.2) is 61.3 Å². The van der Waals surface area contributed by atoms with Gasteiger partial charge in [-0.2, -0.15) is 10.2 Å². The summed E-state index contributed by atoms with van der Waals surface area (Å²) in [6.07, 6.45) is 3.56. The molecule has 0 aliphatic heterocycles. The quantitative estimate of drug-likeness (QED) is 0.705. The van der Waals surface area contributed by atoms with Crippen molar-refractivity contribution in [2.45, 2.75) is 5.92 Å². The zero-order valence-electron chi connectivity index (χ0n) is 8.38. The van der Waals surface area contributed by atoms with Crippen LogP contribution in [0.1, 0.15) is 17.2 Å². The van der Waals surface area contributed by atoms with Crippen molar-refractivity contribution in [3.05, 3.63) is 72.6 Å². The van der Waals surface area contributed by atoms with Crippen molar-refractivity contribution in [2.24, 2.45) is 0 Å². The Labute approximate surface area is 89.3 Å². The molecule has 74 valence electrons. The Kier molecular flexibility index (Phi) is 2.88. The molecular formula is C13H12N2. The summed E-state index contributed by atoms with van der Waals surface area (Å²) in [7, 11) is 0. The number of hydrogen-bond acceptors (Lipinski definition) is 2. The molecule has 1 aromatic carbocycles. The van der Waals surface area contributed by atoms with Crippen molar-refractivity contribution < 1.29 is 0 Å². The zero-order chi connectivity index (χ0) is 10.5. The molecule has 0 aliphatic carbocycles. The summed E-state index contributed by atoms with van der Waals surface area (Å²) in [5.74, 6) is 0.125. The Morgan fingerprint density at radius 1 is 1.07 bits per heavy atom. The van der Waals surface area contributed by atoms with Gasteiger partial charge in [-0.15, -0.1) is 6.58 Å². The molecule has 1 unspecified atom stereocenters. The highest BCUT2D eigenvalue weighted by Gasteiger charge is 2.10. The fourth-order valence-electron chi connectivity index (χ4n) is 1.57. The van der Waals surface area contributed by atoms with Gasteiger partial charge in [0.2, 0.25) is 0 Å². The second kappa shape index (κ2) is 4.51. The number of benzene rings is 1. The van der Waals surface area contributed by atoms with E-state index in [0.29, 0.717) is 0 Å². The van der Waals surface area contributed by atoms with E-state index in [0.717, 1.165) is 5.69 Å². The number of rotatable bonds is 3. The van der Waals surface area contributed by atoms with Crippen LogP contribution in [0.25, 0.3) is 0 Å². The second-order valence-corrected chi connectivity index (χ2v) is 3.27. The van der Waals surface area contributed by atoms with E-state index in [4.69, 9.17) is 0 Å². The average Bonchev–Trinajstić information content (AvgIpc) is 2.33. The van der Waals surface area contributed by atoms with E-state index >= 15 is 0 Å². The molecule has 0 saturated heterocycles. The van der Waals surface area contributed by atoms with Crippen molar-refractivity contribution in [2.75, 3.05) is 0 Å². The van der Waals surface area contributed by atoms with Crippen LogP contribution >= 0.6 is 0 Å². The lowest BCUT2D eigenvalue weighted by atomic mass is 9.96. The maximum atomic E-state index is 4.11. The van der Waals surface area contributed by atoms with E-state index in [1.165, 1.54) is 5.56 Å². The molecular weight excluding hydrogens is 184 g/mol. The Balaban J connectivity index is 2.38. The van der Waals surface area contributed by atoms with Crippen molar-refractivity contribution in [1.29, 1.82) is 0 Å². The van der Waals surface area contributed by atoms with Crippen molar-refractivity contribution in [3.63, 3.8) is 0 Å². The van der Waals surface area contributed by atoms with Crippen LogP contribution in [0, 0.1) is 0 Å². The van der Waals surface area contributed by atoms with Crippen LogP contribution < -0.4 is 0 Å². The molecule has 2 nitrogen and oxygen atoms in total. The third-order valence-electron chi connectivity index (χ3n) is 2.31. The predicted molar refractivity (Wildman–Crippen MR) is 60.5 cm³/mol. The van der Waals surface area contributed by atoms with Gasteiger partial charge in [-0.3, -0.25) is 0 Å². The Morgan fingerprint density at radius 3 is 2.47 bits per heavy atom. The van der Waals surface area contributed by atoms with Gasteiger partial charge in [0.1, 0.15) is 0 Å². The minimum absolute atomic E-state index is 0.125. The van der Waals surface area contributed by atoms with E-state index in [1.54, 1.807) is 6.20 Å². The van der Waals surface area contributed by atoms with Crippen LogP contribution in [-0.2, 0) is 0 Å². The third-order valence-corrected chi connectivity index (χ3v) is 2.31. The third kappa shape index (κ3) is 2.10. The van der Waals surface area contributed by atoms with E-state index < -0.39 is 0 Å². The minimum atomic E-state index is 0.125. The Bertz CT molecular complexity index is 383. The SMILES string of the molecule is C=CC(c1ccccc1)c1cccnn1. The van der Waals surface area contributed by atoms with Gasteiger partial charge in [0.15, 0.2) is 0 Å². The van der Waals surface area contributed by atoms with Crippen molar-refractivity contribution in [3.8, 4) is 0 Å². The molecule has 1 atom stereocenters. The van der Waals surface area contributed by atoms with Gasteiger partial charge < -0.3 is 0 Å². The first-order chi connectivity index (χ1) is 7.42. The number of nitrogens with zero attached hydrogens (tertiary/aromatic N) is 2. The summed E-state index contributed by atoms with van der Waals surface area (Å²) >= 11 is 0. The molecule has 2 heteroatoms. The van der Waals surface area contributed by atoms with Crippen LogP contribution in [0.5, 0.6) is 0 Å². The first kappa shape index (κ1) is 9.59. The number of aromatic nitrogens is 2. The second-order valence-electron chi connectivity index (χ2n) is 3.27. The normalized spacial score (nSPS) is 12.0. The smallest absolute Gasteiger partial charge is 0.0743 e. The van der Waals surface area contributed by atoms with Gasteiger partial charge in [0, 0.05) is 12.1 Å². The van der Waals surface area contributed by atoms with Crippen LogP contribution in [0.4, 0.5) is 0 Å². The molecule has 1 aromatic heterocycles. The topological polar surface area (TPSA) is 25.8 Å². The molecule has 0 bridgehead atoms. The van der Waals surface area contributed by atoms with E-state index in [-0.39, 0.29) is 5.92 Å². The van der Waals surface area contributed by atoms with Gasteiger partial charge in [-0.25, -0.2) is 0 Å². The van der Waals surface area contributed by atoms with E-state index in [9.17, 15) is 0 Å². The lowest BCUT2D eigenvalue weighted by molar-refractivity contribution is 0.878. The van der Waals surface area contributed by atoms with Gasteiger partial charge >= 0.3 is 0 Å². The zero-order valence-corrected chi connectivity index (χ0v) is 8.38. The summed E-state index contributed by atoms with van der Waals surface area (Å²) in [6.45, 7) is 3.85. The highest BCUT2D eigenvalue weighted by atomic mass is 15.1. The predicted octanol–water partition coefficient (Wildman–Crippen LogP) is 2.79. The molecule has 0 fully saturated rings. The fourth-order valence-corrected chi connectivity index (χ4v) is 1.57. The molecule has 15 heavy (non-hydrogen) atoms.